The quantitative estimate of drug-likeness (QED) is 0.802. The number of nitrogens with one attached hydrogen (secondary N) is 1. The van der Waals surface area contributed by atoms with Gasteiger partial charge in [0.25, 0.3) is 0 Å². The Hall–Kier alpha value is -0.410. The van der Waals surface area contributed by atoms with Crippen LogP contribution in [0.15, 0.2) is 22.7 Å². The molecule has 1 N–H and O–H groups in total. The average Bonchev–Trinajstić information content (AvgIpc) is 2.40. The molecule has 1 saturated carbocycles. The van der Waals surface area contributed by atoms with Gasteiger partial charge < -0.3 is 5.32 Å². The van der Waals surface area contributed by atoms with Crippen LogP contribution >= 0.6 is 15.9 Å². The summed E-state index contributed by atoms with van der Waals surface area (Å²) in [7, 11) is 0. The van der Waals surface area contributed by atoms with Gasteiger partial charge in [-0.2, -0.15) is 0 Å². The molecule has 0 aromatic heterocycles. The third-order valence-corrected chi connectivity index (χ3v) is 5.04. The van der Waals surface area contributed by atoms with Crippen LogP contribution in [0.2, 0.25) is 0 Å². The van der Waals surface area contributed by atoms with Gasteiger partial charge in [-0.05, 0) is 64.7 Å². The maximum Gasteiger partial charge on any atom is 0.140 e. The first-order valence-corrected chi connectivity index (χ1v) is 8.45. The van der Waals surface area contributed by atoms with Crippen molar-refractivity contribution in [3.8, 4) is 0 Å². The summed E-state index contributed by atoms with van der Waals surface area (Å²) in [6, 6.07) is 6.19. The van der Waals surface area contributed by atoms with Gasteiger partial charge in [0, 0.05) is 6.04 Å². The first-order valence-electron chi connectivity index (χ1n) is 7.66. The Bertz CT molecular complexity index is 447. The van der Waals surface area contributed by atoms with Crippen molar-refractivity contribution in [3.05, 3.63) is 34.1 Å². The van der Waals surface area contributed by atoms with Crippen molar-refractivity contribution in [1.29, 1.82) is 0 Å². The number of halogens is 2. The lowest BCUT2D eigenvalue weighted by molar-refractivity contribution is 0.234. The molecule has 1 aliphatic carbocycles. The molecule has 0 heterocycles. The molecular weight excluding hydrogens is 317 g/mol. The lowest BCUT2D eigenvalue weighted by Crippen LogP contribution is -2.35. The van der Waals surface area contributed by atoms with E-state index in [1.165, 1.54) is 12.8 Å². The van der Waals surface area contributed by atoms with Gasteiger partial charge in [0.2, 0.25) is 0 Å². The Morgan fingerprint density at radius 3 is 2.80 bits per heavy atom. The van der Waals surface area contributed by atoms with E-state index < -0.39 is 0 Å². The molecule has 0 radical (unpaired) electrons. The Kier molecular flexibility index (Phi) is 5.62. The molecule has 112 valence electrons. The summed E-state index contributed by atoms with van der Waals surface area (Å²) in [5.41, 5.74) is 0.890. The van der Waals surface area contributed by atoms with E-state index in [9.17, 15) is 4.39 Å². The maximum absolute atomic E-state index is 14.4. The highest BCUT2D eigenvalue weighted by Crippen LogP contribution is 2.42. The topological polar surface area (TPSA) is 12.0 Å². The van der Waals surface area contributed by atoms with E-state index in [4.69, 9.17) is 0 Å². The molecule has 20 heavy (non-hydrogen) atoms. The van der Waals surface area contributed by atoms with Gasteiger partial charge in [-0.25, -0.2) is 4.39 Å². The average molecular weight is 342 g/mol. The summed E-state index contributed by atoms with van der Waals surface area (Å²) in [5.74, 6) is 1.50. The van der Waals surface area contributed by atoms with Crippen molar-refractivity contribution in [2.24, 2.45) is 11.8 Å². The highest BCUT2D eigenvalue weighted by molar-refractivity contribution is 9.10. The molecule has 0 spiro atoms. The van der Waals surface area contributed by atoms with Crippen LogP contribution in [0.3, 0.4) is 0 Å². The van der Waals surface area contributed by atoms with Crippen LogP contribution in [-0.4, -0.2) is 12.6 Å². The summed E-state index contributed by atoms with van der Waals surface area (Å²) < 4.78 is 15.0. The van der Waals surface area contributed by atoms with Crippen LogP contribution in [0.1, 0.15) is 51.5 Å². The Morgan fingerprint density at radius 1 is 1.35 bits per heavy atom. The van der Waals surface area contributed by atoms with Gasteiger partial charge in [0.05, 0.1) is 4.47 Å². The van der Waals surface area contributed by atoms with Gasteiger partial charge in [-0.3, -0.25) is 0 Å². The Morgan fingerprint density at radius 2 is 2.10 bits per heavy atom. The predicted octanol–water partition coefficient (Wildman–Crippen LogP) is 5.11. The van der Waals surface area contributed by atoms with Crippen molar-refractivity contribution in [3.63, 3.8) is 0 Å². The molecule has 3 heteroatoms. The summed E-state index contributed by atoms with van der Waals surface area (Å²) >= 11 is 3.32. The van der Waals surface area contributed by atoms with Crippen molar-refractivity contribution in [1.82, 2.24) is 5.32 Å². The summed E-state index contributed by atoms with van der Waals surface area (Å²) in [4.78, 5) is 0. The standard InChI is InChI=1S/C17H25BrFN/c1-11(2)20-10-13-8-7-12(3)9-15(13)14-5-4-6-16(18)17(14)19/h4-6,11-13,15,20H,7-10H2,1-3H3. The molecule has 1 fully saturated rings. The molecule has 0 bridgehead atoms. The van der Waals surface area contributed by atoms with Gasteiger partial charge in [-0.15, -0.1) is 0 Å². The number of hydrogen-bond acceptors (Lipinski definition) is 1. The molecule has 2 rings (SSSR count). The number of benzene rings is 1. The molecule has 1 aromatic rings. The van der Waals surface area contributed by atoms with Gasteiger partial charge >= 0.3 is 0 Å². The van der Waals surface area contributed by atoms with E-state index in [-0.39, 0.29) is 5.82 Å². The largest absolute Gasteiger partial charge is 0.314 e. The fraction of sp³-hybridized carbons (Fsp3) is 0.647. The van der Waals surface area contributed by atoms with Crippen molar-refractivity contribution >= 4 is 15.9 Å². The smallest absolute Gasteiger partial charge is 0.140 e. The fourth-order valence-electron chi connectivity index (χ4n) is 3.26. The predicted molar refractivity (Wildman–Crippen MR) is 86.5 cm³/mol. The highest BCUT2D eigenvalue weighted by atomic mass is 79.9. The van der Waals surface area contributed by atoms with E-state index >= 15 is 0 Å². The third-order valence-electron chi connectivity index (χ3n) is 4.42. The van der Waals surface area contributed by atoms with E-state index in [1.807, 2.05) is 12.1 Å². The fourth-order valence-corrected chi connectivity index (χ4v) is 3.64. The van der Waals surface area contributed by atoms with Crippen LogP contribution in [0.4, 0.5) is 4.39 Å². The number of rotatable bonds is 4. The molecule has 3 unspecified atom stereocenters. The van der Waals surface area contributed by atoms with Crippen molar-refractivity contribution < 1.29 is 4.39 Å². The molecule has 0 amide bonds. The first kappa shape index (κ1) is 16.0. The molecule has 1 nitrogen and oxygen atoms in total. The van der Waals surface area contributed by atoms with E-state index in [2.05, 4.69) is 42.0 Å². The second-order valence-corrected chi connectivity index (χ2v) is 7.35. The van der Waals surface area contributed by atoms with Crippen molar-refractivity contribution in [2.75, 3.05) is 6.54 Å². The lowest BCUT2D eigenvalue weighted by Gasteiger charge is -2.36. The molecule has 1 aliphatic rings. The third kappa shape index (κ3) is 3.82. The van der Waals surface area contributed by atoms with Crippen LogP contribution in [-0.2, 0) is 0 Å². The SMILES string of the molecule is CC1CCC(CNC(C)C)C(c2cccc(Br)c2F)C1. The second kappa shape index (κ2) is 7.04. The highest BCUT2D eigenvalue weighted by Gasteiger charge is 2.31. The van der Waals surface area contributed by atoms with Crippen LogP contribution in [0.5, 0.6) is 0 Å². The number of hydrogen-bond donors (Lipinski definition) is 1. The minimum Gasteiger partial charge on any atom is -0.314 e. The lowest BCUT2D eigenvalue weighted by atomic mass is 9.71. The van der Waals surface area contributed by atoms with E-state index in [0.717, 1.165) is 18.5 Å². The van der Waals surface area contributed by atoms with Crippen molar-refractivity contribution in [2.45, 2.75) is 52.0 Å². The Labute approximate surface area is 130 Å². The molecule has 0 aliphatic heterocycles. The summed E-state index contributed by atoms with van der Waals surface area (Å²) in [6.07, 6.45) is 3.55. The Balaban J connectivity index is 2.21. The molecule has 0 saturated heterocycles. The van der Waals surface area contributed by atoms with Gasteiger partial charge in [-0.1, -0.05) is 39.3 Å². The minimum atomic E-state index is -0.0684. The minimum absolute atomic E-state index is 0.0684. The zero-order valence-corrected chi connectivity index (χ0v) is 14.2. The van der Waals surface area contributed by atoms with E-state index in [1.54, 1.807) is 6.07 Å². The van der Waals surface area contributed by atoms with Crippen LogP contribution < -0.4 is 5.32 Å². The summed E-state index contributed by atoms with van der Waals surface area (Å²) in [5, 5.41) is 3.53. The zero-order valence-electron chi connectivity index (χ0n) is 12.6. The normalized spacial score (nSPS) is 27.0. The summed E-state index contributed by atoms with van der Waals surface area (Å²) in [6.45, 7) is 7.61. The van der Waals surface area contributed by atoms with Gasteiger partial charge in [0.15, 0.2) is 0 Å². The first-order chi connectivity index (χ1) is 9.49. The van der Waals surface area contributed by atoms with Crippen LogP contribution in [0.25, 0.3) is 0 Å². The zero-order chi connectivity index (χ0) is 14.7. The monoisotopic (exact) mass is 341 g/mol. The van der Waals surface area contributed by atoms with Crippen LogP contribution in [0, 0.1) is 17.7 Å². The second-order valence-electron chi connectivity index (χ2n) is 6.49. The molecule has 3 atom stereocenters. The maximum atomic E-state index is 14.4. The molecule has 1 aromatic carbocycles. The van der Waals surface area contributed by atoms with Gasteiger partial charge in [0.1, 0.15) is 5.82 Å². The van der Waals surface area contributed by atoms with E-state index in [0.29, 0.717) is 28.3 Å². The molecular formula is C17H25BrFN.